The summed E-state index contributed by atoms with van der Waals surface area (Å²) in [5.74, 6) is 1.95. The first-order valence-corrected chi connectivity index (χ1v) is 8.61. The fourth-order valence-corrected chi connectivity index (χ4v) is 2.77. The SMILES string of the molecule is COc1cc(Cl)c(C)cc1Nc1nc(C)cc(N(C)c2ccccc2)n1. The van der Waals surface area contributed by atoms with E-state index in [1.165, 1.54) is 0 Å². The second kappa shape index (κ2) is 7.62. The van der Waals surface area contributed by atoms with Gasteiger partial charge in [-0.15, -0.1) is 0 Å². The summed E-state index contributed by atoms with van der Waals surface area (Å²) in [5.41, 5.74) is 3.64. The normalized spacial score (nSPS) is 10.5. The fourth-order valence-electron chi connectivity index (χ4n) is 2.61. The summed E-state index contributed by atoms with van der Waals surface area (Å²) < 4.78 is 5.42. The van der Waals surface area contributed by atoms with Crippen molar-refractivity contribution in [2.45, 2.75) is 13.8 Å². The molecule has 0 radical (unpaired) electrons. The van der Waals surface area contributed by atoms with Crippen molar-refractivity contribution in [2.75, 3.05) is 24.4 Å². The topological polar surface area (TPSA) is 50.3 Å². The van der Waals surface area contributed by atoms with Gasteiger partial charge in [-0.3, -0.25) is 0 Å². The minimum Gasteiger partial charge on any atom is -0.495 e. The van der Waals surface area contributed by atoms with E-state index in [4.69, 9.17) is 16.3 Å². The van der Waals surface area contributed by atoms with Crippen molar-refractivity contribution in [3.05, 3.63) is 64.8 Å². The summed E-state index contributed by atoms with van der Waals surface area (Å²) in [7, 11) is 3.59. The van der Waals surface area contributed by atoms with Crippen LogP contribution in [-0.2, 0) is 0 Å². The van der Waals surface area contributed by atoms with Crippen LogP contribution in [-0.4, -0.2) is 24.1 Å². The molecule has 0 fully saturated rings. The highest BCUT2D eigenvalue weighted by atomic mass is 35.5. The van der Waals surface area contributed by atoms with Gasteiger partial charge in [0.25, 0.3) is 0 Å². The molecule has 0 aliphatic rings. The van der Waals surface area contributed by atoms with Crippen LogP contribution in [0.1, 0.15) is 11.3 Å². The van der Waals surface area contributed by atoms with Gasteiger partial charge in [-0.05, 0) is 37.6 Å². The molecule has 1 heterocycles. The molecule has 3 aromatic rings. The number of halogens is 1. The highest BCUT2D eigenvalue weighted by Crippen LogP contribution is 2.33. The number of ether oxygens (including phenoxy) is 1. The van der Waals surface area contributed by atoms with Crippen LogP contribution in [0.15, 0.2) is 48.5 Å². The highest BCUT2D eigenvalue weighted by Gasteiger charge is 2.12. The van der Waals surface area contributed by atoms with E-state index in [2.05, 4.69) is 15.3 Å². The van der Waals surface area contributed by atoms with Gasteiger partial charge in [0, 0.05) is 35.6 Å². The number of aromatic nitrogens is 2. The van der Waals surface area contributed by atoms with Crippen LogP contribution < -0.4 is 15.0 Å². The van der Waals surface area contributed by atoms with Crippen LogP contribution in [0.3, 0.4) is 0 Å². The summed E-state index contributed by atoms with van der Waals surface area (Å²) in [6.07, 6.45) is 0. The molecule has 26 heavy (non-hydrogen) atoms. The Hall–Kier alpha value is -2.79. The zero-order valence-electron chi connectivity index (χ0n) is 15.2. The first kappa shape index (κ1) is 18.0. The van der Waals surface area contributed by atoms with E-state index in [9.17, 15) is 0 Å². The Bertz CT molecular complexity index is 915. The summed E-state index contributed by atoms with van der Waals surface area (Å²) in [5, 5.41) is 3.90. The largest absolute Gasteiger partial charge is 0.495 e. The van der Waals surface area contributed by atoms with E-state index < -0.39 is 0 Å². The van der Waals surface area contributed by atoms with Crippen LogP contribution in [0.5, 0.6) is 5.75 Å². The Morgan fingerprint density at radius 1 is 1.04 bits per heavy atom. The van der Waals surface area contributed by atoms with Crippen molar-refractivity contribution in [3.8, 4) is 5.75 Å². The molecule has 1 aromatic heterocycles. The molecule has 0 aliphatic carbocycles. The van der Waals surface area contributed by atoms with Gasteiger partial charge >= 0.3 is 0 Å². The minimum atomic E-state index is 0.503. The van der Waals surface area contributed by atoms with Crippen LogP contribution in [0.4, 0.5) is 23.1 Å². The van der Waals surface area contributed by atoms with Crippen LogP contribution in [0.25, 0.3) is 0 Å². The second-order valence-corrected chi connectivity index (χ2v) is 6.42. The summed E-state index contributed by atoms with van der Waals surface area (Å²) >= 11 is 6.18. The predicted molar refractivity (Wildman–Crippen MR) is 107 cm³/mol. The Labute approximate surface area is 158 Å². The Morgan fingerprint density at radius 2 is 1.77 bits per heavy atom. The molecule has 3 rings (SSSR count). The molecule has 0 amide bonds. The molecule has 2 aromatic carbocycles. The number of aryl methyl sites for hydroxylation is 2. The lowest BCUT2D eigenvalue weighted by Gasteiger charge is -2.20. The number of nitrogens with zero attached hydrogens (tertiary/aromatic N) is 3. The van der Waals surface area contributed by atoms with Gasteiger partial charge in [0.05, 0.1) is 12.8 Å². The molecule has 0 saturated heterocycles. The van der Waals surface area contributed by atoms with Gasteiger partial charge in [-0.2, -0.15) is 4.98 Å². The molecule has 6 heteroatoms. The zero-order valence-corrected chi connectivity index (χ0v) is 16.0. The van der Waals surface area contributed by atoms with Gasteiger partial charge in [0.1, 0.15) is 11.6 Å². The van der Waals surface area contributed by atoms with Crippen molar-refractivity contribution in [1.82, 2.24) is 9.97 Å². The maximum Gasteiger partial charge on any atom is 0.229 e. The van der Waals surface area contributed by atoms with Gasteiger partial charge in [-0.1, -0.05) is 29.8 Å². The van der Waals surface area contributed by atoms with E-state index >= 15 is 0 Å². The molecule has 0 unspecified atom stereocenters. The van der Waals surface area contributed by atoms with Crippen molar-refractivity contribution in [2.24, 2.45) is 0 Å². The zero-order chi connectivity index (χ0) is 18.7. The molecule has 0 aliphatic heterocycles. The molecule has 5 nitrogen and oxygen atoms in total. The molecule has 0 bridgehead atoms. The van der Waals surface area contributed by atoms with E-state index in [1.807, 2.05) is 68.3 Å². The van der Waals surface area contributed by atoms with Crippen LogP contribution in [0, 0.1) is 13.8 Å². The van der Waals surface area contributed by atoms with Crippen molar-refractivity contribution in [3.63, 3.8) is 0 Å². The Kier molecular flexibility index (Phi) is 5.28. The second-order valence-electron chi connectivity index (χ2n) is 6.01. The summed E-state index contributed by atoms with van der Waals surface area (Å²) in [6, 6.07) is 15.7. The number of benzene rings is 2. The number of hydrogen-bond acceptors (Lipinski definition) is 5. The lowest BCUT2D eigenvalue weighted by atomic mass is 10.2. The third kappa shape index (κ3) is 3.89. The lowest BCUT2D eigenvalue weighted by Crippen LogP contribution is -2.13. The maximum atomic E-state index is 6.18. The van der Waals surface area contributed by atoms with Crippen molar-refractivity contribution in [1.29, 1.82) is 0 Å². The van der Waals surface area contributed by atoms with Crippen molar-refractivity contribution >= 4 is 34.7 Å². The first-order chi connectivity index (χ1) is 12.5. The summed E-state index contributed by atoms with van der Waals surface area (Å²) in [6.45, 7) is 3.89. The lowest BCUT2D eigenvalue weighted by molar-refractivity contribution is 0.416. The van der Waals surface area contributed by atoms with Crippen molar-refractivity contribution < 1.29 is 4.74 Å². The number of methoxy groups -OCH3 is 1. The monoisotopic (exact) mass is 368 g/mol. The minimum absolute atomic E-state index is 0.503. The van der Waals surface area contributed by atoms with E-state index in [0.717, 1.165) is 28.5 Å². The third-order valence-electron chi connectivity index (χ3n) is 4.06. The van der Waals surface area contributed by atoms with Crippen LogP contribution in [0.2, 0.25) is 5.02 Å². The predicted octanol–water partition coefficient (Wildman–Crippen LogP) is 5.27. The number of nitrogens with one attached hydrogen (secondary N) is 1. The number of para-hydroxylation sites is 1. The Balaban J connectivity index is 1.95. The van der Waals surface area contributed by atoms with Gasteiger partial charge in [0.15, 0.2) is 0 Å². The average molecular weight is 369 g/mol. The molecule has 0 saturated carbocycles. The van der Waals surface area contributed by atoms with E-state index in [0.29, 0.717) is 16.7 Å². The van der Waals surface area contributed by atoms with Gasteiger partial charge in [-0.25, -0.2) is 4.98 Å². The standard InChI is InChI=1S/C20H21ClN4O/c1-13-10-17(18(26-4)12-16(13)21)23-20-22-14(2)11-19(24-20)25(3)15-8-6-5-7-9-15/h5-12H,1-4H3,(H,22,23,24). The molecule has 0 atom stereocenters. The fraction of sp³-hybridized carbons (Fsp3) is 0.200. The molecule has 134 valence electrons. The third-order valence-corrected chi connectivity index (χ3v) is 4.46. The molecular weight excluding hydrogens is 348 g/mol. The number of rotatable bonds is 5. The van der Waals surface area contributed by atoms with Crippen LogP contribution >= 0.6 is 11.6 Å². The number of anilines is 4. The van der Waals surface area contributed by atoms with Gasteiger partial charge in [0.2, 0.25) is 5.95 Å². The number of hydrogen-bond donors (Lipinski definition) is 1. The first-order valence-electron chi connectivity index (χ1n) is 8.23. The van der Waals surface area contributed by atoms with E-state index in [-0.39, 0.29) is 0 Å². The average Bonchev–Trinajstić information content (AvgIpc) is 2.64. The summed E-state index contributed by atoms with van der Waals surface area (Å²) in [4.78, 5) is 11.2. The Morgan fingerprint density at radius 3 is 2.46 bits per heavy atom. The molecular formula is C20H21ClN4O. The smallest absolute Gasteiger partial charge is 0.229 e. The highest BCUT2D eigenvalue weighted by molar-refractivity contribution is 6.31. The maximum absolute atomic E-state index is 6.18. The molecule has 1 N–H and O–H groups in total. The van der Waals surface area contributed by atoms with Gasteiger partial charge < -0.3 is 15.0 Å². The quantitative estimate of drug-likeness (QED) is 0.665. The molecule has 0 spiro atoms. The van der Waals surface area contributed by atoms with E-state index in [1.54, 1.807) is 13.2 Å².